The number of ether oxygens (including phenoxy) is 1. The second kappa shape index (κ2) is 9.03. The molecule has 1 amide bonds. The van der Waals surface area contributed by atoms with Gasteiger partial charge in [0, 0.05) is 25.2 Å². The van der Waals surface area contributed by atoms with Crippen LogP contribution in [-0.4, -0.2) is 25.6 Å². The lowest BCUT2D eigenvalue weighted by atomic mass is 10.1. The molecule has 0 radical (unpaired) electrons. The molecule has 2 aromatic rings. The Labute approximate surface area is 142 Å². The number of amides is 1. The summed E-state index contributed by atoms with van der Waals surface area (Å²) in [6.45, 7) is 6.10. The summed E-state index contributed by atoms with van der Waals surface area (Å²) in [6, 6.07) is 12.4. The van der Waals surface area contributed by atoms with Crippen molar-refractivity contribution in [2.45, 2.75) is 20.4 Å². The molecule has 0 aliphatic rings. The van der Waals surface area contributed by atoms with E-state index in [1.165, 1.54) is 6.07 Å². The zero-order valence-corrected chi connectivity index (χ0v) is 14.1. The number of rotatable bonds is 8. The molecular formula is C19H23FN2O2. The molecule has 0 saturated heterocycles. The normalized spacial score (nSPS) is 10.5. The highest BCUT2D eigenvalue weighted by Crippen LogP contribution is 2.11. The van der Waals surface area contributed by atoms with Gasteiger partial charge in [0.25, 0.3) is 5.91 Å². The molecule has 0 aromatic heterocycles. The molecule has 0 aliphatic heterocycles. The molecule has 5 heteroatoms. The Morgan fingerprint density at radius 3 is 2.54 bits per heavy atom. The molecular weight excluding hydrogens is 307 g/mol. The lowest BCUT2D eigenvalue weighted by Crippen LogP contribution is -2.31. The van der Waals surface area contributed by atoms with Gasteiger partial charge in [-0.2, -0.15) is 0 Å². The third-order valence-corrected chi connectivity index (χ3v) is 3.58. The van der Waals surface area contributed by atoms with Crippen molar-refractivity contribution >= 4 is 5.91 Å². The highest BCUT2D eigenvalue weighted by molar-refractivity contribution is 5.94. The van der Waals surface area contributed by atoms with Crippen LogP contribution in [0.5, 0.6) is 5.75 Å². The second-order valence-electron chi connectivity index (χ2n) is 5.47. The van der Waals surface area contributed by atoms with Gasteiger partial charge >= 0.3 is 0 Å². The first-order valence-electron chi connectivity index (χ1n) is 8.07. The van der Waals surface area contributed by atoms with Crippen molar-refractivity contribution < 1.29 is 13.9 Å². The minimum Gasteiger partial charge on any atom is -0.494 e. The monoisotopic (exact) mass is 330 g/mol. The summed E-state index contributed by atoms with van der Waals surface area (Å²) >= 11 is 0. The van der Waals surface area contributed by atoms with Gasteiger partial charge in [0.05, 0.1) is 6.61 Å². The van der Waals surface area contributed by atoms with Crippen LogP contribution < -0.4 is 15.4 Å². The van der Waals surface area contributed by atoms with Crippen molar-refractivity contribution in [1.29, 1.82) is 0 Å². The van der Waals surface area contributed by atoms with Gasteiger partial charge in [-0.1, -0.05) is 18.2 Å². The summed E-state index contributed by atoms with van der Waals surface area (Å²) in [7, 11) is 0. The molecule has 0 unspecified atom stereocenters. The molecule has 24 heavy (non-hydrogen) atoms. The number of nitrogens with one attached hydrogen (secondary N) is 2. The van der Waals surface area contributed by atoms with Crippen LogP contribution in [0.25, 0.3) is 0 Å². The van der Waals surface area contributed by atoms with Crippen LogP contribution >= 0.6 is 0 Å². The van der Waals surface area contributed by atoms with Gasteiger partial charge in [0.1, 0.15) is 11.6 Å². The number of aryl methyl sites for hydroxylation is 1. The van der Waals surface area contributed by atoms with Gasteiger partial charge in [0.2, 0.25) is 0 Å². The Kier molecular flexibility index (Phi) is 6.75. The van der Waals surface area contributed by atoms with Crippen LogP contribution in [-0.2, 0) is 6.54 Å². The summed E-state index contributed by atoms with van der Waals surface area (Å²) in [5.41, 5.74) is 2.01. The summed E-state index contributed by atoms with van der Waals surface area (Å²) in [5, 5.41) is 6.02. The molecule has 2 N–H and O–H groups in total. The Balaban J connectivity index is 1.68. The molecule has 0 fully saturated rings. The Bertz CT molecular complexity index is 672. The van der Waals surface area contributed by atoms with E-state index >= 15 is 0 Å². The van der Waals surface area contributed by atoms with Gasteiger partial charge in [-0.15, -0.1) is 0 Å². The van der Waals surface area contributed by atoms with Crippen LogP contribution in [0.1, 0.15) is 28.4 Å². The number of benzene rings is 2. The minimum atomic E-state index is -0.365. The quantitative estimate of drug-likeness (QED) is 0.732. The predicted octanol–water partition coefficient (Wildman–Crippen LogP) is 3.05. The maximum atomic E-state index is 13.4. The molecule has 4 nitrogen and oxygen atoms in total. The fraction of sp³-hybridized carbons (Fsp3) is 0.316. The van der Waals surface area contributed by atoms with Crippen LogP contribution in [0, 0.1) is 12.7 Å². The van der Waals surface area contributed by atoms with Crippen LogP contribution in [0.15, 0.2) is 42.5 Å². The average molecular weight is 330 g/mol. The van der Waals surface area contributed by atoms with Crippen molar-refractivity contribution in [3.8, 4) is 5.75 Å². The highest BCUT2D eigenvalue weighted by Gasteiger charge is 2.07. The fourth-order valence-electron chi connectivity index (χ4n) is 2.20. The molecule has 0 spiro atoms. The van der Waals surface area contributed by atoms with E-state index in [4.69, 9.17) is 4.74 Å². The number of hydrogen-bond acceptors (Lipinski definition) is 3. The van der Waals surface area contributed by atoms with Crippen molar-refractivity contribution in [2.24, 2.45) is 0 Å². The number of halogens is 1. The number of carbonyl (C=O) groups excluding carboxylic acids is 1. The van der Waals surface area contributed by atoms with Crippen LogP contribution in [0.4, 0.5) is 4.39 Å². The van der Waals surface area contributed by atoms with E-state index in [2.05, 4.69) is 10.6 Å². The number of hydrogen-bond donors (Lipinski definition) is 2. The Hall–Kier alpha value is -2.40. The molecule has 2 rings (SSSR count). The fourth-order valence-corrected chi connectivity index (χ4v) is 2.20. The van der Waals surface area contributed by atoms with Crippen molar-refractivity contribution in [3.05, 3.63) is 65.0 Å². The average Bonchev–Trinajstić information content (AvgIpc) is 2.58. The lowest BCUT2D eigenvalue weighted by Gasteiger charge is -2.08. The Morgan fingerprint density at radius 2 is 1.88 bits per heavy atom. The predicted molar refractivity (Wildman–Crippen MR) is 92.8 cm³/mol. The maximum Gasteiger partial charge on any atom is 0.251 e. The molecule has 128 valence electrons. The zero-order chi connectivity index (χ0) is 17.4. The Morgan fingerprint density at radius 1 is 1.12 bits per heavy atom. The number of carbonyl (C=O) groups is 1. The van der Waals surface area contributed by atoms with Crippen LogP contribution in [0.2, 0.25) is 0 Å². The minimum absolute atomic E-state index is 0.267. The summed E-state index contributed by atoms with van der Waals surface area (Å²) in [6.07, 6.45) is 0. The van der Waals surface area contributed by atoms with E-state index < -0.39 is 0 Å². The van der Waals surface area contributed by atoms with Gasteiger partial charge in [-0.05, 0) is 49.2 Å². The maximum absolute atomic E-state index is 13.4. The SMILES string of the molecule is CCOc1ccc(CNCCNC(=O)c2ccc(C)c(F)c2)cc1. The second-order valence-corrected chi connectivity index (χ2v) is 5.47. The highest BCUT2D eigenvalue weighted by atomic mass is 19.1. The van der Waals surface area contributed by atoms with E-state index in [1.54, 1.807) is 19.1 Å². The van der Waals surface area contributed by atoms with E-state index in [0.29, 0.717) is 37.4 Å². The smallest absolute Gasteiger partial charge is 0.251 e. The first kappa shape index (κ1) is 17.9. The van der Waals surface area contributed by atoms with Gasteiger partial charge in [-0.25, -0.2) is 4.39 Å². The summed E-state index contributed by atoms with van der Waals surface area (Å²) in [4.78, 5) is 11.9. The molecule has 2 aromatic carbocycles. The third-order valence-electron chi connectivity index (χ3n) is 3.58. The standard InChI is InChI=1S/C19H23FN2O2/c1-3-24-17-8-5-15(6-9-17)13-21-10-11-22-19(23)16-7-4-14(2)18(20)12-16/h4-9,12,21H,3,10-11,13H2,1-2H3,(H,22,23). The topological polar surface area (TPSA) is 50.4 Å². The van der Waals surface area contributed by atoms with E-state index in [0.717, 1.165) is 11.3 Å². The summed E-state index contributed by atoms with van der Waals surface area (Å²) < 4.78 is 18.8. The van der Waals surface area contributed by atoms with Crippen molar-refractivity contribution in [1.82, 2.24) is 10.6 Å². The largest absolute Gasteiger partial charge is 0.494 e. The molecule has 0 aliphatic carbocycles. The van der Waals surface area contributed by atoms with Crippen molar-refractivity contribution in [3.63, 3.8) is 0 Å². The molecule has 0 atom stereocenters. The zero-order valence-electron chi connectivity index (χ0n) is 14.1. The molecule has 0 saturated carbocycles. The van der Waals surface area contributed by atoms with E-state index in [9.17, 15) is 9.18 Å². The van der Waals surface area contributed by atoms with Gasteiger partial charge in [-0.3, -0.25) is 4.79 Å². The molecule has 0 heterocycles. The molecule has 0 bridgehead atoms. The third kappa shape index (κ3) is 5.35. The van der Waals surface area contributed by atoms with Gasteiger partial charge < -0.3 is 15.4 Å². The van der Waals surface area contributed by atoms with Crippen molar-refractivity contribution in [2.75, 3.05) is 19.7 Å². The summed E-state index contributed by atoms with van der Waals surface area (Å²) in [5.74, 6) is 0.229. The lowest BCUT2D eigenvalue weighted by molar-refractivity contribution is 0.0953. The van der Waals surface area contributed by atoms with E-state index in [1.807, 2.05) is 31.2 Å². The first-order chi connectivity index (χ1) is 11.6. The van der Waals surface area contributed by atoms with Crippen LogP contribution in [0.3, 0.4) is 0 Å². The van der Waals surface area contributed by atoms with Gasteiger partial charge in [0.15, 0.2) is 0 Å². The van der Waals surface area contributed by atoms with E-state index in [-0.39, 0.29) is 11.7 Å². The first-order valence-corrected chi connectivity index (χ1v) is 8.07.